The Labute approximate surface area is 123 Å². The number of rotatable bonds is 5. The Bertz CT molecular complexity index is 492. The van der Waals surface area contributed by atoms with E-state index in [1.54, 1.807) is 6.20 Å². The van der Waals surface area contributed by atoms with Crippen molar-refractivity contribution >= 4 is 12.0 Å². The summed E-state index contributed by atoms with van der Waals surface area (Å²) >= 11 is 0. The maximum atomic E-state index is 11.8. The Hall–Kier alpha value is -2.05. The number of amides is 2. The zero-order valence-electron chi connectivity index (χ0n) is 12.1. The molecule has 1 heterocycles. The first kappa shape index (κ1) is 15.3. The molecule has 7 nitrogen and oxygen atoms in total. The van der Waals surface area contributed by atoms with Crippen LogP contribution >= 0.6 is 0 Å². The number of nitrogens with zero attached hydrogens (tertiary/aromatic N) is 1. The van der Waals surface area contributed by atoms with Crippen LogP contribution in [-0.4, -0.2) is 28.1 Å². The molecule has 2 amide bonds. The lowest BCUT2D eigenvalue weighted by atomic mass is 9.86. The van der Waals surface area contributed by atoms with Gasteiger partial charge < -0.3 is 20.2 Å². The number of urea groups is 1. The van der Waals surface area contributed by atoms with E-state index in [4.69, 9.17) is 9.52 Å². The maximum absolute atomic E-state index is 11.8. The van der Waals surface area contributed by atoms with E-state index in [2.05, 4.69) is 15.6 Å². The Balaban J connectivity index is 1.69. The highest BCUT2D eigenvalue weighted by Crippen LogP contribution is 2.24. The van der Waals surface area contributed by atoms with Gasteiger partial charge in [-0.2, -0.15) is 0 Å². The standard InChI is InChI=1S/C14H21N3O4/c1-2-11-7-15-12(21-11)8-16-14(20)17-10-5-3-9(4-6-10)13(18)19/h7,9-10H,2-6,8H2,1H3,(H,18,19)(H2,16,17,20). The normalized spacial score (nSPS) is 21.8. The fourth-order valence-corrected chi connectivity index (χ4v) is 2.47. The van der Waals surface area contributed by atoms with Gasteiger partial charge in [-0.25, -0.2) is 9.78 Å². The number of aromatic nitrogens is 1. The van der Waals surface area contributed by atoms with Gasteiger partial charge in [0.25, 0.3) is 0 Å². The number of carboxylic acids is 1. The minimum Gasteiger partial charge on any atom is -0.481 e. The summed E-state index contributed by atoms with van der Waals surface area (Å²) in [7, 11) is 0. The van der Waals surface area contributed by atoms with Gasteiger partial charge in [-0.15, -0.1) is 0 Å². The maximum Gasteiger partial charge on any atom is 0.315 e. The van der Waals surface area contributed by atoms with Crippen LogP contribution in [0.3, 0.4) is 0 Å². The van der Waals surface area contributed by atoms with Crippen molar-refractivity contribution in [1.29, 1.82) is 0 Å². The van der Waals surface area contributed by atoms with E-state index >= 15 is 0 Å². The second-order valence-electron chi connectivity index (χ2n) is 5.29. The van der Waals surface area contributed by atoms with Gasteiger partial charge in [-0.05, 0) is 25.7 Å². The quantitative estimate of drug-likeness (QED) is 0.766. The van der Waals surface area contributed by atoms with Crippen molar-refractivity contribution in [3.63, 3.8) is 0 Å². The summed E-state index contributed by atoms with van der Waals surface area (Å²) in [5.41, 5.74) is 0. The number of oxazole rings is 1. The minimum absolute atomic E-state index is 0.0383. The van der Waals surface area contributed by atoms with Gasteiger partial charge in [0.15, 0.2) is 0 Å². The van der Waals surface area contributed by atoms with E-state index in [1.807, 2.05) is 6.92 Å². The molecule has 0 aromatic carbocycles. The fraction of sp³-hybridized carbons (Fsp3) is 0.643. The van der Waals surface area contributed by atoms with E-state index in [0.29, 0.717) is 31.6 Å². The average molecular weight is 295 g/mol. The van der Waals surface area contributed by atoms with Crippen molar-refractivity contribution in [3.05, 3.63) is 17.8 Å². The van der Waals surface area contributed by atoms with Gasteiger partial charge in [0, 0.05) is 12.5 Å². The highest BCUT2D eigenvalue weighted by atomic mass is 16.4. The molecule has 0 radical (unpaired) electrons. The second-order valence-corrected chi connectivity index (χ2v) is 5.29. The number of carboxylic acid groups (broad SMARTS) is 1. The monoisotopic (exact) mass is 295 g/mol. The van der Waals surface area contributed by atoms with Crippen LogP contribution in [0.25, 0.3) is 0 Å². The van der Waals surface area contributed by atoms with E-state index in [1.165, 1.54) is 0 Å². The predicted molar refractivity (Wildman–Crippen MR) is 74.6 cm³/mol. The van der Waals surface area contributed by atoms with E-state index < -0.39 is 5.97 Å². The Morgan fingerprint density at radius 2 is 2.10 bits per heavy atom. The SMILES string of the molecule is CCc1cnc(CNC(=O)NC2CCC(C(=O)O)CC2)o1. The smallest absolute Gasteiger partial charge is 0.315 e. The molecule has 2 rings (SSSR count). The molecule has 1 aliphatic rings. The van der Waals surface area contributed by atoms with E-state index in [9.17, 15) is 9.59 Å². The van der Waals surface area contributed by atoms with Crippen molar-refractivity contribution in [2.45, 2.75) is 51.6 Å². The molecule has 0 aliphatic heterocycles. The van der Waals surface area contributed by atoms with E-state index in [0.717, 1.165) is 12.2 Å². The Morgan fingerprint density at radius 1 is 1.38 bits per heavy atom. The van der Waals surface area contributed by atoms with Crippen molar-refractivity contribution in [2.24, 2.45) is 5.92 Å². The number of hydrogen-bond acceptors (Lipinski definition) is 4. The summed E-state index contributed by atoms with van der Waals surface area (Å²) < 4.78 is 5.39. The third kappa shape index (κ3) is 4.47. The second kappa shape index (κ2) is 7.10. The summed E-state index contributed by atoms with van der Waals surface area (Å²) in [4.78, 5) is 26.7. The third-order valence-electron chi connectivity index (χ3n) is 3.76. The van der Waals surface area contributed by atoms with Crippen LogP contribution in [-0.2, 0) is 17.8 Å². The minimum atomic E-state index is -0.742. The summed E-state index contributed by atoms with van der Waals surface area (Å²) in [5, 5.41) is 14.5. The van der Waals surface area contributed by atoms with Gasteiger partial charge in [-0.1, -0.05) is 6.92 Å². The zero-order valence-corrected chi connectivity index (χ0v) is 12.1. The number of carbonyl (C=O) groups is 2. The highest BCUT2D eigenvalue weighted by Gasteiger charge is 2.26. The average Bonchev–Trinajstić information content (AvgIpc) is 2.94. The lowest BCUT2D eigenvalue weighted by Gasteiger charge is -2.26. The van der Waals surface area contributed by atoms with Crippen molar-refractivity contribution in [1.82, 2.24) is 15.6 Å². The molecular weight excluding hydrogens is 274 g/mol. The first-order valence-electron chi connectivity index (χ1n) is 7.29. The number of hydrogen-bond donors (Lipinski definition) is 3. The highest BCUT2D eigenvalue weighted by molar-refractivity contribution is 5.74. The fourth-order valence-electron chi connectivity index (χ4n) is 2.47. The largest absolute Gasteiger partial charge is 0.481 e. The molecule has 1 saturated carbocycles. The molecule has 0 spiro atoms. The van der Waals surface area contributed by atoms with Crippen LogP contribution in [0.1, 0.15) is 44.3 Å². The van der Waals surface area contributed by atoms with Crippen LogP contribution in [0.15, 0.2) is 10.6 Å². The molecule has 0 atom stereocenters. The molecular formula is C14H21N3O4. The number of aliphatic carboxylic acids is 1. The van der Waals surface area contributed by atoms with Crippen LogP contribution in [0.5, 0.6) is 0 Å². The summed E-state index contributed by atoms with van der Waals surface area (Å²) in [6.07, 6.45) is 5.04. The van der Waals surface area contributed by atoms with Crippen molar-refractivity contribution in [2.75, 3.05) is 0 Å². The van der Waals surface area contributed by atoms with Crippen LogP contribution in [0.2, 0.25) is 0 Å². The molecule has 0 saturated heterocycles. The molecule has 1 aromatic rings. The first-order chi connectivity index (χ1) is 10.1. The Kier molecular flexibility index (Phi) is 5.19. The van der Waals surface area contributed by atoms with E-state index in [-0.39, 0.29) is 24.5 Å². The van der Waals surface area contributed by atoms with Crippen molar-refractivity contribution in [3.8, 4) is 0 Å². The third-order valence-corrected chi connectivity index (χ3v) is 3.76. The number of carbonyl (C=O) groups excluding carboxylic acids is 1. The van der Waals surface area contributed by atoms with Gasteiger partial charge in [-0.3, -0.25) is 4.79 Å². The molecule has 1 fully saturated rings. The molecule has 0 bridgehead atoms. The summed E-state index contributed by atoms with van der Waals surface area (Å²) in [6, 6.07) is -0.235. The van der Waals surface area contributed by atoms with Crippen molar-refractivity contribution < 1.29 is 19.1 Å². The van der Waals surface area contributed by atoms with Crippen LogP contribution < -0.4 is 10.6 Å². The topological polar surface area (TPSA) is 104 Å². The van der Waals surface area contributed by atoms with Gasteiger partial charge in [0.1, 0.15) is 5.76 Å². The Morgan fingerprint density at radius 3 is 2.67 bits per heavy atom. The number of aryl methyl sites for hydroxylation is 1. The molecule has 0 unspecified atom stereocenters. The molecule has 1 aliphatic carbocycles. The summed E-state index contributed by atoms with van der Waals surface area (Å²) in [5.74, 6) is 0.259. The predicted octanol–water partition coefficient (Wildman–Crippen LogP) is 1.68. The lowest BCUT2D eigenvalue weighted by molar-refractivity contribution is -0.142. The number of nitrogens with one attached hydrogen (secondary N) is 2. The van der Waals surface area contributed by atoms with Crippen LogP contribution in [0.4, 0.5) is 4.79 Å². The molecule has 21 heavy (non-hydrogen) atoms. The molecule has 3 N–H and O–H groups in total. The summed E-state index contributed by atoms with van der Waals surface area (Å²) in [6.45, 7) is 2.22. The lowest BCUT2D eigenvalue weighted by Crippen LogP contribution is -2.43. The van der Waals surface area contributed by atoms with Crippen LogP contribution in [0, 0.1) is 5.92 Å². The first-order valence-corrected chi connectivity index (χ1v) is 7.29. The van der Waals surface area contributed by atoms with Gasteiger partial charge >= 0.3 is 12.0 Å². The molecule has 1 aromatic heterocycles. The molecule has 7 heteroatoms. The molecule has 116 valence electrons. The van der Waals surface area contributed by atoms with Gasteiger partial charge in [0.2, 0.25) is 5.89 Å². The van der Waals surface area contributed by atoms with Gasteiger partial charge in [0.05, 0.1) is 18.7 Å². The zero-order chi connectivity index (χ0) is 15.2.